The van der Waals surface area contributed by atoms with Crippen molar-refractivity contribution < 1.29 is 23.8 Å². The summed E-state index contributed by atoms with van der Waals surface area (Å²) in [5.74, 6) is 0.674. The smallest absolute Gasteiger partial charge is 0.310 e. The van der Waals surface area contributed by atoms with Crippen LogP contribution in [0, 0.1) is 19.8 Å². The molecule has 10 nitrogen and oxygen atoms in total. The summed E-state index contributed by atoms with van der Waals surface area (Å²) in [4.78, 5) is 41.4. The molecular weight excluding hydrogens is 560 g/mol. The number of esters is 1. The number of nitrogens with zero attached hydrogens (tertiary/aromatic N) is 3. The lowest BCUT2D eigenvalue weighted by atomic mass is 9.97. The van der Waals surface area contributed by atoms with Crippen molar-refractivity contribution in [1.82, 2.24) is 14.7 Å². The molecular formula is C34H36N4O6. The number of benzene rings is 3. The standard InChI is InChI=1S/C34H36N4O6/c1-5-43-34(41)25-11-8-18-37(21-25)32(39)24-10-7-12-26(19-24)36-31-30(44-29-13-6-9-22(2)23(29)3)20-35-38(33(31)40)27-14-16-28(42-4)17-15-27/h6-7,9-10,12-17,19-20,25,36H,5,8,11,18,21H2,1-4H3. The van der Waals surface area contributed by atoms with Gasteiger partial charge in [0, 0.05) is 24.3 Å². The van der Waals surface area contributed by atoms with Crippen LogP contribution >= 0.6 is 0 Å². The van der Waals surface area contributed by atoms with E-state index in [1.165, 1.54) is 10.9 Å². The van der Waals surface area contributed by atoms with E-state index in [0.29, 0.717) is 61.0 Å². The third-order valence-corrected chi connectivity index (χ3v) is 7.74. The van der Waals surface area contributed by atoms with Crippen molar-refractivity contribution in [2.45, 2.75) is 33.6 Å². The second kappa shape index (κ2) is 13.5. The van der Waals surface area contributed by atoms with Crippen LogP contribution < -0.4 is 20.3 Å². The van der Waals surface area contributed by atoms with E-state index in [1.54, 1.807) is 67.5 Å². The molecule has 1 aliphatic rings. The fourth-order valence-corrected chi connectivity index (χ4v) is 5.16. The number of amides is 1. The Morgan fingerprint density at radius 3 is 2.55 bits per heavy atom. The summed E-state index contributed by atoms with van der Waals surface area (Å²) in [7, 11) is 1.57. The minimum Gasteiger partial charge on any atom is -0.497 e. The lowest BCUT2D eigenvalue weighted by Gasteiger charge is -2.31. The number of nitrogens with one attached hydrogen (secondary N) is 1. The van der Waals surface area contributed by atoms with Crippen LogP contribution in [0.25, 0.3) is 5.69 Å². The van der Waals surface area contributed by atoms with Gasteiger partial charge in [-0.05, 0) is 93.3 Å². The third-order valence-electron chi connectivity index (χ3n) is 7.74. The van der Waals surface area contributed by atoms with Crippen molar-refractivity contribution in [2.75, 3.05) is 32.1 Å². The van der Waals surface area contributed by atoms with E-state index >= 15 is 0 Å². The summed E-state index contributed by atoms with van der Waals surface area (Å²) in [6.45, 7) is 6.88. The number of ether oxygens (including phenoxy) is 3. The van der Waals surface area contributed by atoms with E-state index in [9.17, 15) is 14.4 Å². The number of hydrogen-bond acceptors (Lipinski definition) is 8. The maximum atomic E-state index is 13.9. The van der Waals surface area contributed by atoms with Crippen LogP contribution in [0.1, 0.15) is 41.3 Å². The molecule has 0 spiro atoms. The maximum absolute atomic E-state index is 13.9. The summed E-state index contributed by atoms with van der Waals surface area (Å²) in [6, 6.07) is 19.6. The van der Waals surface area contributed by atoms with Gasteiger partial charge in [0.25, 0.3) is 11.5 Å². The molecule has 228 valence electrons. The molecule has 1 N–H and O–H groups in total. The Morgan fingerprint density at radius 2 is 1.80 bits per heavy atom. The second-order valence-electron chi connectivity index (χ2n) is 10.6. The molecule has 5 rings (SSSR count). The number of aromatic nitrogens is 2. The fraction of sp³-hybridized carbons (Fsp3) is 0.294. The predicted molar refractivity (Wildman–Crippen MR) is 167 cm³/mol. The van der Waals surface area contributed by atoms with Gasteiger partial charge in [0.05, 0.1) is 31.5 Å². The third kappa shape index (κ3) is 6.59. The molecule has 0 saturated carbocycles. The van der Waals surface area contributed by atoms with Crippen LogP contribution in [0.15, 0.2) is 77.7 Å². The molecule has 4 aromatic rings. The average molecular weight is 597 g/mol. The highest BCUT2D eigenvalue weighted by molar-refractivity contribution is 5.95. The number of anilines is 2. The fourth-order valence-electron chi connectivity index (χ4n) is 5.16. The molecule has 1 aliphatic heterocycles. The first kappa shape index (κ1) is 30.3. The second-order valence-corrected chi connectivity index (χ2v) is 10.6. The zero-order valence-corrected chi connectivity index (χ0v) is 25.3. The van der Waals surface area contributed by atoms with Crippen LogP contribution in [0.4, 0.5) is 11.4 Å². The minimum absolute atomic E-state index is 0.154. The number of piperidine rings is 1. The van der Waals surface area contributed by atoms with Gasteiger partial charge in [0.2, 0.25) is 0 Å². The van der Waals surface area contributed by atoms with Gasteiger partial charge in [-0.1, -0.05) is 18.2 Å². The Hall–Kier alpha value is -5.12. The number of methoxy groups -OCH3 is 1. The zero-order valence-electron chi connectivity index (χ0n) is 25.3. The molecule has 1 aromatic heterocycles. The molecule has 1 saturated heterocycles. The summed E-state index contributed by atoms with van der Waals surface area (Å²) >= 11 is 0. The highest BCUT2D eigenvalue weighted by Crippen LogP contribution is 2.32. The van der Waals surface area contributed by atoms with Crippen LogP contribution in [0.2, 0.25) is 0 Å². The quantitative estimate of drug-likeness (QED) is 0.241. The Labute approximate surface area is 256 Å². The van der Waals surface area contributed by atoms with E-state index in [-0.39, 0.29) is 29.2 Å². The zero-order chi connectivity index (χ0) is 31.2. The molecule has 10 heteroatoms. The van der Waals surface area contributed by atoms with Gasteiger partial charge < -0.3 is 24.4 Å². The number of aryl methyl sites for hydroxylation is 1. The first-order valence-corrected chi connectivity index (χ1v) is 14.6. The Morgan fingerprint density at radius 1 is 1.02 bits per heavy atom. The van der Waals surface area contributed by atoms with E-state index in [1.807, 2.05) is 32.0 Å². The summed E-state index contributed by atoms with van der Waals surface area (Å²) < 4.78 is 18.0. The molecule has 1 amide bonds. The van der Waals surface area contributed by atoms with Gasteiger partial charge in [-0.2, -0.15) is 9.78 Å². The molecule has 1 atom stereocenters. The van der Waals surface area contributed by atoms with E-state index in [4.69, 9.17) is 14.2 Å². The van der Waals surface area contributed by atoms with Crippen molar-refractivity contribution in [3.05, 3.63) is 100.0 Å². The first-order chi connectivity index (χ1) is 21.3. The van der Waals surface area contributed by atoms with Crippen LogP contribution in [0.5, 0.6) is 17.2 Å². The van der Waals surface area contributed by atoms with Crippen molar-refractivity contribution in [3.8, 4) is 22.9 Å². The van der Waals surface area contributed by atoms with Gasteiger partial charge in [-0.3, -0.25) is 14.4 Å². The van der Waals surface area contributed by atoms with E-state index in [0.717, 1.165) is 11.1 Å². The van der Waals surface area contributed by atoms with Crippen molar-refractivity contribution in [1.29, 1.82) is 0 Å². The molecule has 44 heavy (non-hydrogen) atoms. The molecule has 1 fully saturated rings. The molecule has 1 unspecified atom stereocenters. The molecule has 3 aromatic carbocycles. The van der Waals surface area contributed by atoms with Gasteiger partial charge >= 0.3 is 5.97 Å². The number of rotatable bonds is 9. The Balaban J connectivity index is 1.48. The predicted octanol–water partition coefficient (Wildman–Crippen LogP) is 5.81. The van der Waals surface area contributed by atoms with Crippen molar-refractivity contribution in [3.63, 3.8) is 0 Å². The van der Waals surface area contributed by atoms with E-state index in [2.05, 4.69) is 10.4 Å². The van der Waals surface area contributed by atoms with Crippen LogP contribution in [-0.4, -0.2) is 53.4 Å². The molecule has 0 bridgehead atoms. The summed E-state index contributed by atoms with van der Waals surface area (Å²) in [6.07, 6.45) is 2.90. The van der Waals surface area contributed by atoms with Gasteiger partial charge in [-0.25, -0.2) is 0 Å². The molecule has 2 heterocycles. The normalized spacial score (nSPS) is 14.5. The lowest BCUT2D eigenvalue weighted by Crippen LogP contribution is -2.42. The largest absolute Gasteiger partial charge is 0.497 e. The van der Waals surface area contributed by atoms with Crippen LogP contribution in [-0.2, 0) is 9.53 Å². The highest BCUT2D eigenvalue weighted by atomic mass is 16.5. The van der Waals surface area contributed by atoms with Crippen molar-refractivity contribution >= 4 is 23.3 Å². The van der Waals surface area contributed by atoms with Gasteiger partial charge in [0.1, 0.15) is 11.5 Å². The summed E-state index contributed by atoms with van der Waals surface area (Å²) in [5, 5.41) is 7.60. The molecule has 0 radical (unpaired) electrons. The Bertz CT molecular complexity index is 1720. The number of carbonyl (C=O) groups excluding carboxylic acids is 2. The van der Waals surface area contributed by atoms with Crippen molar-refractivity contribution in [2.24, 2.45) is 5.92 Å². The van der Waals surface area contributed by atoms with Crippen LogP contribution in [0.3, 0.4) is 0 Å². The Kier molecular flexibility index (Phi) is 9.28. The average Bonchev–Trinajstić information content (AvgIpc) is 3.05. The number of carbonyl (C=O) groups is 2. The monoisotopic (exact) mass is 596 g/mol. The van der Waals surface area contributed by atoms with Gasteiger partial charge in [-0.15, -0.1) is 0 Å². The van der Waals surface area contributed by atoms with Gasteiger partial charge in [0.15, 0.2) is 11.4 Å². The summed E-state index contributed by atoms with van der Waals surface area (Å²) in [5.41, 5.74) is 3.19. The lowest BCUT2D eigenvalue weighted by molar-refractivity contribution is -0.149. The number of likely N-dealkylation sites (tertiary alicyclic amines) is 1. The van der Waals surface area contributed by atoms with E-state index < -0.39 is 5.56 Å². The topological polar surface area (TPSA) is 112 Å². The highest BCUT2D eigenvalue weighted by Gasteiger charge is 2.30. The SMILES string of the molecule is CCOC(=O)C1CCCN(C(=O)c2cccc(Nc3c(Oc4cccc(C)c4C)cnn(-c4ccc(OC)cc4)c3=O)c2)C1. The minimum atomic E-state index is -0.442. The maximum Gasteiger partial charge on any atom is 0.310 e. The molecule has 0 aliphatic carbocycles. The number of hydrogen-bond donors (Lipinski definition) is 1. The first-order valence-electron chi connectivity index (χ1n) is 14.6.